The van der Waals surface area contributed by atoms with E-state index in [2.05, 4.69) is 23.8 Å². The van der Waals surface area contributed by atoms with Crippen molar-refractivity contribution in [2.24, 2.45) is 10.9 Å². The van der Waals surface area contributed by atoms with Crippen LogP contribution in [0.25, 0.3) is 0 Å². The van der Waals surface area contributed by atoms with Crippen molar-refractivity contribution in [3.05, 3.63) is 45.9 Å². The van der Waals surface area contributed by atoms with Gasteiger partial charge < -0.3 is 0 Å². The minimum absolute atomic E-state index is 0.0665. The van der Waals surface area contributed by atoms with Gasteiger partial charge >= 0.3 is 0 Å². The van der Waals surface area contributed by atoms with Crippen LogP contribution in [0.15, 0.2) is 34.1 Å². The summed E-state index contributed by atoms with van der Waals surface area (Å²) in [5, 5.41) is 0. The third-order valence-corrected chi connectivity index (χ3v) is 3.85. The quantitative estimate of drug-likeness (QED) is 0.847. The Labute approximate surface area is 118 Å². The molecule has 2 heterocycles. The van der Waals surface area contributed by atoms with Gasteiger partial charge in [0.2, 0.25) is 5.95 Å². The van der Waals surface area contributed by atoms with Gasteiger partial charge in [-0.3, -0.25) is 9.36 Å². The van der Waals surface area contributed by atoms with Crippen LogP contribution in [0, 0.1) is 12.8 Å². The maximum absolute atomic E-state index is 12.7. The van der Waals surface area contributed by atoms with E-state index in [1.165, 1.54) is 0 Å². The Hall–Kier alpha value is -1.97. The van der Waals surface area contributed by atoms with Crippen LogP contribution in [0.5, 0.6) is 0 Å². The normalized spacial score (nSPS) is 19.2. The van der Waals surface area contributed by atoms with Gasteiger partial charge in [0.25, 0.3) is 5.56 Å². The summed E-state index contributed by atoms with van der Waals surface area (Å²) < 4.78 is 1.72. The second-order valence-corrected chi connectivity index (χ2v) is 5.81. The number of nitrogens with zero attached hydrogens (tertiary/aromatic N) is 3. The van der Waals surface area contributed by atoms with Gasteiger partial charge in [0.05, 0.1) is 11.4 Å². The summed E-state index contributed by atoms with van der Waals surface area (Å²) in [6.45, 7) is 6.25. The van der Waals surface area contributed by atoms with E-state index >= 15 is 0 Å². The van der Waals surface area contributed by atoms with Crippen molar-refractivity contribution >= 4 is 11.7 Å². The maximum Gasteiger partial charge on any atom is 0.259 e. The molecule has 20 heavy (non-hydrogen) atoms. The van der Waals surface area contributed by atoms with Gasteiger partial charge in [0.1, 0.15) is 6.04 Å². The van der Waals surface area contributed by atoms with Gasteiger partial charge in [-0.1, -0.05) is 32.1 Å². The molecule has 104 valence electrons. The first-order valence-electron chi connectivity index (χ1n) is 7.13. The van der Waals surface area contributed by atoms with E-state index in [9.17, 15) is 4.79 Å². The molecule has 2 aliphatic rings. The highest BCUT2D eigenvalue weighted by Crippen LogP contribution is 2.28. The summed E-state index contributed by atoms with van der Waals surface area (Å²) in [4.78, 5) is 21.7. The molecule has 0 spiro atoms. The number of fused-ring (bicyclic) bond motifs is 3. The predicted molar refractivity (Wildman–Crippen MR) is 80.8 cm³/mol. The lowest BCUT2D eigenvalue weighted by atomic mass is 10.0. The van der Waals surface area contributed by atoms with E-state index in [1.807, 2.05) is 31.2 Å². The second kappa shape index (κ2) is 4.85. The van der Waals surface area contributed by atoms with Crippen LogP contribution in [0.1, 0.15) is 37.6 Å². The molecule has 0 radical (unpaired) electrons. The molecule has 0 fully saturated rings. The Morgan fingerprint density at radius 3 is 2.90 bits per heavy atom. The lowest BCUT2D eigenvalue weighted by Crippen LogP contribution is -2.29. The molecule has 4 nitrogen and oxygen atoms in total. The van der Waals surface area contributed by atoms with Gasteiger partial charge in [-0.05, 0) is 31.8 Å². The highest BCUT2D eigenvalue weighted by molar-refractivity contribution is 6.03. The fraction of sp³-hybridized carbons (Fsp3) is 0.438. The number of aromatic nitrogens is 2. The first kappa shape index (κ1) is 13.0. The van der Waals surface area contributed by atoms with Crippen LogP contribution < -0.4 is 5.56 Å². The van der Waals surface area contributed by atoms with Crippen molar-refractivity contribution in [3.8, 4) is 0 Å². The standard InChI is InChI=1S/C16H19N3O/c1-10(2)8-9-12-11(3)17-16-18-13-6-4-5-7-14(13)19(16)15(12)20/h4-7,10,14H,8-9H2,1-3H3. The third-order valence-electron chi connectivity index (χ3n) is 3.85. The SMILES string of the molecule is Cc1nc2n(c(=O)c1CCC(C)C)C1C=CC=CC1=N2. The van der Waals surface area contributed by atoms with E-state index < -0.39 is 0 Å². The zero-order valence-corrected chi connectivity index (χ0v) is 12.1. The average molecular weight is 269 g/mol. The Kier molecular flexibility index (Phi) is 3.16. The van der Waals surface area contributed by atoms with Crippen LogP contribution in [-0.4, -0.2) is 15.3 Å². The molecule has 1 aromatic rings. The van der Waals surface area contributed by atoms with Crippen LogP contribution in [0.4, 0.5) is 5.95 Å². The molecule has 3 rings (SSSR count). The lowest BCUT2D eigenvalue weighted by molar-refractivity contribution is 0.577. The minimum Gasteiger partial charge on any atom is -0.269 e. The molecular weight excluding hydrogens is 250 g/mol. The largest absolute Gasteiger partial charge is 0.269 e. The zero-order chi connectivity index (χ0) is 14.3. The van der Waals surface area contributed by atoms with Crippen molar-refractivity contribution in [2.45, 2.75) is 39.7 Å². The molecule has 1 aliphatic heterocycles. The number of rotatable bonds is 3. The number of aryl methyl sites for hydroxylation is 1. The van der Waals surface area contributed by atoms with E-state index in [0.717, 1.165) is 29.8 Å². The van der Waals surface area contributed by atoms with Gasteiger partial charge in [-0.2, -0.15) is 0 Å². The molecule has 1 atom stereocenters. The van der Waals surface area contributed by atoms with Crippen LogP contribution in [0.3, 0.4) is 0 Å². The fourth-order valence-corrected chi connectivity index (χ4v) is 2.67. The number of aliphatic imine (C=N–C) groups is 1. The van der Waals surface area contributed by atoms with Gasteiger partial charge in [-0.25, -0.2) is 9.98 Å². The molecule has 0 aromatic carbocycles. The fourth-order valence-electron chi connectivity index (χ4n) is 2.67. The summed E-state index contributed by atoms with van der Waals surface area (Å²) in [5.41, 5.74) is 2.62. The summed E-state index contributed by atoms with van der Waals surface area (Å²) in [6, 6.07) is -0.0756. The smallest absolute Gasteiger partial charge is 0.259 e. The highest BCUT2D eigenvalue weighted by Gasteiger charge is 2.28. The Bertz CT molecular complexity index is 692. The minimum atomic E-state index is -0.0756. The third kappa shape index (κ3) is 2.05. The second-order valence-electron chi connectivity index (χ2n) is 5.81. The van der Waals surface area contributed by atoms with E-state index in [-0.39, 0.29) is 11.6 Å². The number of hydrogen-bond donors (Lipinski definition) is 0. The lowest BCUT2D eigenvalue weighted by Gasteiger charge is -2.15. The highest BCUT2D eigenvalue weighted by atomic mass is 16.1. The summed E-state index contributed by atoms with van der Waals surface area (Å²) in [5.74, 6) is 1.12. The van der Waals surface area contributed by atoms with Crippen LogP contribution in [-0.2, 0) is 6.42 Å². The first-order valence-corrected chi connectivity index (χ1v) is 7.13. The van der Waals surface area contributed by atoms with Gasteiger partial charge in [-0.15, -0.1) is 0 Å². The van der Waals surface area contributed by atoms with Crippen LogP contribution >= 0.6 is 0 Å². The van der Waals surface area contributed by atoms with E-state index in [4.69, 9.17) is 0 Å². The Morgan fingerprint density at radius 2 is 2.15 bits per heavy atom. The molecule has 0 amide bonds. The van der Waals surface area contributed by atoms with Crippen molar-refractivity contribution in [2.75, 3.05) is 0 Å². The summed E-state index contributed by atoms with van der Waals surface area (Å²) >= 11 is 0. The Balaban J connectivity index is 2.06. The van der Waals surface area contributed by atoms with Crippen molar-refractivity contribution in [1.82, 2.24) is 9.55 Å². The molecule has 0 saturated carbocycles. The molecule has 1 aliphatic carbocycles. The van der Waals surface area contributed by atoms with Crippen molar-refractivity contribution in [3.63, 3.8) is 0 Å². The van der Waals surface area contributed by atoms with Crippen molar-refractivity contribution in [1.29, 1.82) is 0 Å². The molecule has 0 N–H and O–H groups in total. The topological polar surface area (TPSA) is 47.2 Å². The van der Waals surface area contributed by atoms with Crippen molar-refractivity contribution < 1.29 is 0 Å². The molecule has 1 unspecified atom stereocenters. The number of hydrogen-bond acceptors (Lipinski definition) is 3. The summed E-state index contributed by atoms with van der Waals surface area (Å²) in [7, 11) is 0. The van der Waals surface area contributed by atoms with Gasteiger partial charge in [0.15, 0.2) is 0 Å². The zero-order valence-electron chi connectivity index (χ0n) is 12.1. The maximum atomic E-state index is 12.7. The molecule has 0 saturated heterocycles. The number of allylic oxidation sites excluding steroid dienone is 4. The monoisotopic (exact) mass is 269 g/mol. The van der Waals surface area contributed by atoms with E-state index in [1.54, 1.807) is 4.57 Å². The Morgan fingerprint density at radius 1 is 1.35 bits per heavy atom. The molecular formula is C16H19N3O. The van der Waals surface area contributed by atoms with E-state index in [0.29, 0.717) is 11.9 Å². The average Bonchev–Trinajstić information content (AvgIpc) is 2.75. The van der Waals surface area contributed by atoms with Crippen LogP contribution in [0.2, 0.25) is 0 Å². The molecule has 0 bridgehead atoms. The van der Waals surface area contributed by atoms with Gasteiger partial charge in [0, 0.05) is 5.56 Å². The predicted octanol–water partition coefficient (Wildman–Crippen LogP) is 2.89. The molecule has 4 heteroatoms. The summed E-state index contributed by atoms with van der Waals surface area (Å²) in [6.07, 6.45) is 9.64. The molecule has 1 aromatic heterocycles. The first-order chi connectivity index (χ1) is 9.58.